The van der Waals surface area contributed by atoms with Crippen molar-refractivity contribution < 1.29 is 31.4 Å². The van der Waals surface area contributed by atoms with E-state index >= 15 is 0 Å². The van der Waals surface area contributed by atoms with Crippen LogP contribution < -0.4 is 0 Å². The van der Waals surface area contributed by atoms with Crippen LogP contribution in [0.15, 0.2) is 60.8 Å². The molecule has 0 saturated carbocycles. The van der Waals surface area contributed by atoms with Crippen molar-refractivity contribution in [2.24, 2.45) is 0 Å². The SMILES string of the molecule is CC(C)(O)c1ccc(-c2ccc(-c3cc(C(F)(F)F)nn3-c3ncccc3C(F)(F)F)s2)cc1. The van der Waals surface area contributed by atoms with Gasteiger partial charge in [-0.15, -0.1) is 11.3 Å². The highest BCUT2D eigenvalue weighted by molar-refractivity contribution is 7.18. The number of alkyl halides is 6. The van der Waals surface area contributed by atoms with Crippen LogP contribution in [-0.4, -0.2) is 19.9 Å². The van der Waals surface area contributed by atoms with Crippen LogP contribution in [0.3, 0.4) is 0 Å². The van der Waals surface area contributed by atoms with Crippen molar-refractivity contribution in [1.82, 2.24) is 14.8 Å². The Hall–Kier alpha value is -3.18. The Morgan fingerprint density at radius 2 is 1.50 bits per heavy atom. The molecule has 11 heteroatoms. The Balaban J connectivity index is 1.83. The minimum Gasteiger partial charge on any atom is -0.386 e. The zero-order valence-corrected chi connectivity index (χ0v) is 18.6. The van der Waals surface area contributed by atoms with Crippen LogP contribution >= 0.6 is 11.3 Å². The number of pyridine rings is 1. The molecule has 0 saturated heterocycles. The van der Waals surface area contributed by atoms with Crippen molar-refractivity contribution >= 4 is 11.3 Å². The predicted octanol–water partition coefficient (Wildman–Crippen LogP) is 6.93. The Labute approximate surface area is 194 Å². The number of aromatic nitrogens is 3. The molecule has 4 rings (SSSR count). The number of hydrogen-bond donors (Lipinski definition) is 1. The summed E-state index contributed by atoms with van der Waals surface area (Å²) < 4.78 is 81.4. The maximum absolute atomic E-state index is 13.5. The van der Waals surface area contributed by atoms with E-state index in [1.54, 1.807) is 44.2 Å². The Morgan fingerprint density at radius 1 is 0.853 bits per heavy atom. The molecule has 0 aliphatic heterocycles. The highest BCUT2D eigenvalue weighted by Crippen LogP contribution is 2.40. The Morgan fingerprint density at radius 3 is 2.09 bits per heavy atom. The molecule has 0 unspecified atom stereocenters. The van der Waals surface area contributed by atoms with E-state index in [0.717, 1.165) is 35.2 Å². The minimum absolute atomic E-state index is 0.166. The van der Waals surface area contributed by atoms with E-state index in [0.29, 0.717) is 21.2 Å². The van der Waals surface area contributed by atoms with E-state index in [1.807, 2.05) is 0 Å². The van der Waals surface area contributed by atoms with Crippen LogP contribution in [0.4, 0.5) is 26.3 Å². The molecular formula is C23H17F6N3OS. The molecule has 0 amide bonds. The zero-order valence-electron chi connectivity index (χ0n) is 17.7. The third-order valence-corrected chi connectivity index (χ3v) is 6.18. The molecule has 0 spiro atoms. The van der Waals surface area contributed by atoms with Gasteiger partial charge in [-0.05, 0) is 55.3 Å². The first-order valence-electron chi connectivity index (χ1n) is 9.88. The van der Waals surface area contributed by atoms with E-state index in [4.69, 9.17) is 0 Å². The van der Waals surface area contributed by atoms with Gasteiger partial charge in [-0.25, -0.2) is 9.67 Å². The van der Waals surface area contributed by atoms with Gasteiger partial charge in [0.05, 0.1) is 16.2 Å². The number of nitrogens with zero attached hydrogens (tertiary/aromatic N) is 3. The summed E-state index contributed by atoms with van der Waals surface area (Å²) in [4.78, 5) is 4.65. The van der Waals surface area contributed by atoms with Crippen molar-refractivity contribution in [2.75, 3.05) is 0 Å². The quantitative estimate of drug-likeness (QED) is 0.311. The van der Waals surface area contributed by atoms with E-state index < -0.39 is 35.0 Å². The standard InChI is InChI=1S/C23H17F6N3OS/c1-21(2,33)14-7-5-13(6-8-14)17-9-10-18(34-17)16-12-19(23(27,28)29)31-32(16)20-15(22(24,25)26)4-3-11-30-20/h3-12,33H,1-2H3. The van der Waals surface area contributed by atoms with Gasteiger partial charge in [-0.2, -0.15) is 31.4 Å². The first-order valence-corrected chi connectivity index (χ1v) is 10.7. The van der Waals surface area contributed by atoms with Gasteiger partial charge in [0.25, 0.3) is 0 Å². The summed E-state index contributed by atoms with van der Waals surface area (Å²) in [7, 11) is 0. The summed E-state index contributed by atoms with van der Waals surface area (Å²) in [5.74, 6) is -0.745. The highest BCUT2D eigenvalue weighted by Gasteiger charge is 2.39. The van der Waals surface area contributed by atoms with Gasteiger partial charge in [-0.3, -0.25) is 0 Å². The monoisotopic (exact) mass is 497 g/mol. The first kappa shape index (κ1) is 24.0. The number of aliphatic hydroxyl groups is 1. The number of hydrogen-bond acceptors (Lipinski definition) is 4. The lowest BCUT2D eigenvalue weighted by Gasteiger charge is -2.17. The zero-order chi connectivity index (χ0) is 24.9. The summed E-state index contributed by atoms with van der Waals surface area (Å²) in [5.41, 5.74) is -2.33. The van der Waals surface area contributed by atoms with E-state index in [9.17, 15) is 31.4 Å². The maximum atomic E-state index is 13.5. The summed E-state index contributed by atoms with van der Waals surface area (Å²) >= 11 is 1.10. The fourth-order valence-corrected chi connectivity index (χ4v) is 4.33. The van der Waals surface area contributed by atoms with Crippen LogP contribution in [0.1, 0.15) is 30.7 Å². The van der Waals surface area contributed by atoms with Gasteiger partial charge in [-0.1, -0.05) is 24.3 Å². The van der Waals surface area contributed by atoms with Crippen molar-refractivity contribution in [3.8, 4) is 26.8 Å². The molecule has 178 valence electrons. The van der Waals surface area contributed by atoms with Gasteiger partial charge < -0.3 is 5.11 Å². The Bertz CT molecular complexity index is 1310. The molecule has 0 fully saturated rings. The smallest absolute Gasteiger partial charge is 0.386 e. The minimum atomic E-state index is -4.86. The molecular weight excluding hydrogens is 480 g/mol. The molecule has 0 aliphatic carbocycles. The largest absolute Gasteiger partial charge is 0.435 e. The normalized spacial score (nSPS) is 12.9. The van der Waals surface area contributed by atoms with E-state index in [2.05, 4.69) is 10.1 Å². The third-order valence-electron chi connectivity index (χ3n) is 5.03. The second-order valence-corrected chi connectivity index (χ2v) is 9.08. The topological polar surface area (TPSA) is 50.9 Å². The van der Waals surface area contributed by atoms with E-state index in [-0.39, 0.29) is 10.6 Å². The average molecular weight is 497 g/mol. The van der Waals surface area contributed by atoms with Gasteiger partial charge in [0.2, 0.25) is 0 Å². The molecule has 34 heavy (non-hydrogen) atoms. The summed E-state index contributed by atoms with van der Waals surface area (Å²) in [6, 6.07) is 12.6. The van der Waals surface area contributed by atoms with Crippen LogP contribution in [0, 0.1) is 0 Å². The molecule has 0 bridgehead atoms. The predicted molar refractivity (Wildman–Crippen MR) is 115 cm³/mol. The summed E-state index contributed by atoms with van der Waals surface area (Å²) in [6.07, 6.45) is -8.64. The third kappa shape index (κ3) is 4.71. The molecule has 0 atom stereocenters. The number of thiophene rings is 1. The van der Waals surface area contributed by atoms with Crippen LogP contribution in [0.25, 0.3) is 26.8 Å². The van der Waals surface area contributed by atoms with Crippen LogP contribution in [0.5, 0.6) is 0 Å². The number of halogens is 6. The van der Waals surface area contributed by atoms with Crippen LogP contribution in [0.2, 0.25) is 0 Å². The van der Waals surface area contributed by atoms with Gasteiger partial charge in [0.1, 0.15) is 5.56 Å². The van der Waals surface area contributed by atoms with Crippen molar-refractivity contribution in [2.45, 2.75) is 31.8 Å². The molecule has 1 aromatic carbocycles. The number of benzene rings is 1. The lowest BCUT2D eigenvalue weighted by molar-refractivity contribution is -0.141. The van der Waals surface area contributed by atoms with Crippen molar-refractivity contribution in [3.05, 3.63) is 77.6 Å². The maximum Gasteiger partial charge on any atom is 0.435 e. The highest BCUT2D eigenvalue weighted by atomic mass is 32.1. The fraction of sp³-hybridized carbons (Fsp3) is 0.217. The molecule has 3 heterocycles. The van der Waals surface area contributed by atoms with Crippen molar-refractivity contribution in [3.63, 3.8) is 0 Å². The van der Waals surface area contributed by atoms with Gasteiger partial charge in [0, 0.05) is 11.1 Å². The average Bonchev–Trinajstić information content (AvgIpc) is 3.40. The molecule has 1 N–H and O–H groups in total. The Kier molecular flexibility index (Phi) is 5.81. The van der Waals surface area contributed by atoms with Crippen LogP contribution in [-0.2, 0) is 18.0 Å². The lowest BCUT2D eigenvalue weighted by atomic mass is 9.97. The van der Waals surface area contributed by atoms with E-state index in [1.165, 1.54) is 6.07 Å². The molecule has 3 aromatic heterocycles. The van der Waals surface area contributed by atoms with Gasteiger partial charge >= 0.3 is 12.4 Å². The summed E-state index contributed by atoms with van der Waals surface area (Å²) in [6.45, 7) is 3.27. The number of rotatable bonds is 4. The fourth-order valence-electron chi connectivity index (χ4n) is 3.32. The molecule has 0 aliphatic rings. The molecule has 4 aromatic rings. The first-order chi connectivity index (χ1) is 15.7. The second kappa shape index (κ2) is 8.24. The molecule has 0 radical (unpaired) electrons. The van der Waals surface area contributed by atoms with Gasteiger partial charge in [0.15, 0.2) is 11.5 Å². The van der Waals surface area contributed by atoms with Crippen molar-refractivity contribution in [1.29, 1.82) is 0 Å². The lowest BCUT2D eigenvalue weighted by Crippen LogP contribution is -2.14. The second-order valence-electron chi connectivity index (χ2n) is 8.00. The molecule has 4 nitrogen and oxygen atoms in total. The summed E-state index contributed by atoms with van der Waals surface area (Å²) in [5, 5.41) is 13.5.